The number of aromatic nitrogens is 2. The van der Waals surface area contributed by atoms with Crippen LogP contribution in [0.5, 0.6) is 0 Å². The standard InChI is InChI=1S/C11H22N4O2S/c1-8(2)6-9(3)15(5)18(16,17)10-7-14(4)13-11(10)12/h7-9H,6H2,1-5H3,(H2,12,13). The third kappa shape index (κ3) is 3.02. The lowest BCUT2D eigenvalue weighted by atomic mass is 10.1. The van der Waals surface area contributed by atoms with Gasteiger partial charge in [-0.05, 0) is 19.3 Å². The number of hydrogen-bond acceptors (Lipinski definition) is 4. The summed E-state index contributed by atoms with van der Waals surface area (Å²) in [7, 11) is -0.345. The fraction of sp³-hybridized carbons (Fsp3) is 0.727. The Labute approximate surface area is 109 Å². The number of nitrogen functional groups attached to an aromatic ring is 1. The van der Waals surface area contributed by atoms with Crippen LogP contribution < -0.4 is 5.73 Å². The molecule has 0 fully saturated rings. The Kier molecular flexibility index (Phi) is 4.39. The molecule has 0 bridgehead atoms. The third-order valence-corrected chi connectivity index (χ3v) is 4.90. The maximum Gasteiger partial charge on any atom is 0.248 e. The summed E-state index contributed by atoms with van der Waals surface area (Å²) < 4.78 is 27.5. The molecule has 1 aromatic heterocycles. The highest BCUT2D eigenvalue weighted by atomic mass is 32.2. The summed E-state index contributed by atoms with van der Waals surface area (Å²) in [5.74, 6) is 0.477. The lowest BCUT2D eigenvalue weighted by Crippen LogP contribution is -2.36. The van der Waals surface area contributed by atoms with Gasteiger partial charge in [-0.15, -0.1) is 0 Å². The normalized spacial score (nSPS) is 14.4. The molecule has 1 heterocycles. The van der Waals surface area contributed by atoms with Gasteiger partial charge in [0.05, 0.1) is 0 Å². The summed E-state index contributed by atoms with van der Waals surface area (Å²) in [5.41, 5.74) is 5.63. The molecule has 0 aliphatic heterocycles. The molecule has 18 heavy (non-hydrogen) atoms. The van der Waals surface area contributed by atoms with Crippen molar-refractivity contribution in [3.63, 3.8) is 0 Å². The first-order valence-corrected chi connectivity index (χ1v) is 7.37. The van der Waals surface area contributed by atoms with E-state index in [1.54, 1.807) is 14.1 Å². The molecule has 1 aromatic rings. The summed E-state index contributed by atoms with van der Waals surface area (Å²) in [6.45, 7) is 6.02. The largest absolute Gasteiger partial charge is 0.381 e. The Morgan fingerprint density at radius 1 is 1.44 bits per heavy atom. The zero-order valence-corrected chi connectivity index (χ0v) is 12.4. The summed E-state index contributed by atoms with van der Waals surface area (Å²) in [4.78, 5) is 0.0723. The van der Waals surface area contributed by atoms with Crippen LogP contribution in [0.1, 0.15) is 27.2 Å². The molecule has 0 radical (unpaired) electrons. The van der Waals surface area contributed by atoms with E-state index in [0.717, 1.165) is 6.42 Å². The Hall–Kier alpha value is -1.08. The first-order valence-electron chi connectivity index (χ1n) is 5.93. The highest BCUT2D eigenvalue weighted by Gasteiger charge is 2.29. The smallest absolute Gasteiger partial charge is 0.248 e. The van der Waals surface area contributed by atoms with Crippen molar-refractivity contribution in [2.75, 3.05) is 12.8 Å². The van der Waals surface area contributed by atoms with Crippen LogP contribution >= 0.6 is 0 Å². The van der Waals surface area contributed by atoms with Crippen LogP contribution in [-0.4, -0.2) is 35.6 Å². The zero-order valence-electron chi connectivity index (χ0n) is 11.6. The van der Waals surface area contributed by atoms with Gasteiger partial charge in [0, 0.05) is 26.3 Å². The number of hydrogen-bond donors (Lipinski definition) is 1. The van der Waals surface area contributed by atoms with E-state index in [-0.39, 0.29) is 16.8 Å². The average molecular weight is 274 g/mol. The molecule has 0 aliphatic carbocycles. The van der Waals surface area contributed by atoms with Crippen molar-refractivity contribution in [1.29, 1.82) is 0 Å². The minimum atomic E-state index is -3.57. The van der Waals surface area contributed by atoms with Crippen LogP contribution in [0.25, 0.3) is 0 Å². The molecule has 0 aromatic carbocycles. The highest BCUT2D eigenvalue weighted by Crippen LogP contribution is 2.23. The van der Waals surface area contributed by atoms with Crippen LogP contribution in [0.3, 0.4) is 0 Å². The number of nitrogens with zero attached hydrogens (tertiary/aromatic N) is 3. The number of anilines is 1. The number of rotatable bonds is 5. The maximum absolute atomic E-state index is 12.4. The van der Waals surface area contributed by atoms with E-state index < -0.39 is 10.0 Å². The molecule has 1 atom stereocenters. The Bertz CT molecular complexity index is 507. The Morgan fingerprint density at radius 2 is 2.00 bits per heavy atom. The predicted octanol–water partition coefficient (Wildman–Crippen LogP) is 1.06. The van der Waals surface area contributed by atoms with Crippen molar-refractivity contribution < 1.29 is 8.42 Å². The first-order chi connectivity index (χ1) is 8.16. The fourth-order valence-corrected chi connectivity index (χ4v) is 3.37. The van der Waals surface area contributed by atoms with Crippen molar-refractivity contribution >= 4 is 15.8 Å². The molecule has 0 amide bonds. The number of nitrogens with two attached hydrogens (primary N) is 1. The van der Waals surface area contributed by atoms with Gasteiger partial charge in [-0.3, -0.25) is 4.68 Å². The molecule has 0 saturated carbocycles. The van der Waals surface area contributed by atoms with E-state index >= 15 is 0 Å². The van der Waals surface area contributed by atoms with E-state index in [2.05, 4.69) is 18.9 Å². The van der Waals surface area contributed by atoms with Crippen molar-refractivity contribution in [3.8, 4) is 0 Å². The lowest BCUT2D eigenvalue weighted by molar-refractivity contribution is 0.338. The van der Waals surface area contributed by atoms with Crippen LogP contribution in [-0.2, 0) is 17.1 Å². The van der Waals surface area contributed by atoms with Gasteiger partial charge >= 0.3 is 0 Å². The zero-order chi connectivity index (χ0) is 14.1. The maximum atomic E-state index is 12.4. The summed E-state index contributed by atoms with van der Waals surface area (Å²) in [6.07, 6.45) is 2.24. The second-order valence-electron chi connectivity index (χ2n) is 5.05. The van der Waals surface area contributed by atoms with Crippen LogP contribution in [0, 0.1) is 5.92 Å². The van der Waals surface area contributed by atoms with Crippen molar-refractivity contribution in [3.05, 3.63) is 6.20 Å². The SMILES string of the molecule is CC(C)CC(C)N(C)S(=O)(=O)c1cn(C)nc1N. The minimum Gasteiger partial charge on any atom is -0.381 e. The summed E-state index contributed by atoms with van der Waals surface area (Å²) in [5, 5.41) is 3.87. The molecule has 0 saturated heterocycles. The second-order valence-corrected chi connectivity index (χ2v) is 7.02. The van der Waals surface area contributed by atoms with Crippen LogP contribution in [0.4, 0.5) is 5.82 Å². The molecular formula is C11H22N4O2S. The minimum absolute atomic E-state index is 0.0427. The first kappa shape index (κ1) is 15.0. The molecule has 104 valence electrons. The van der Waals surface area contributed by atoms with Gasteiger partial charge in [0.25, 0.3) is 0 Å². The topological polar surface area (TPSA) is 81.2 Å². The molecule has 0 aliphatic rings. The lowest BCUT2D eigenvalue weighted by Gasteiger charge is -2.25. The molecule has 7 heteroatoms. The van der Waals surface area contributed by atoms with Crippen molar-refractivity contribution in [1.82, 2.24) is 14.1 Å². The van der Waals surface area contributed by atoms with E-state index in [1.807, 2.05) is 6.92 Å². The molecule has 1 rings (SSSR count). The molecule has 1 unspecified atom stereocenters. The fourth-order valence-electron chi connectivity index (χ4n) is 1.91. The third-order valence-electron chi connectivity index (χ3n) is 2.91. The van der Waals surface area contributed by atoms with E-state index in [1.165, 1.54) is 15.2 Å². The van der Waals surface area contributed by atoms with Crippen molar-refractivity contribution in [2.45, 2.75) is 38.1 Å². The van der Waals surface area contributed by atoms with Gasteiger partial charge in [-0.2, -0.15) is 9.40 Å². The van der Waals surface area contributed by atoms with E-state index in [0.29, 0.717) is 5.92 Å². The van der Waals surface area contributed by atoms with Gasteiger partial charge in [0.2, 0.25) is 10.0 Å². The molecule has 6 nitrogen and oxygen atoms in total. The average Bonchev–Trinajstić information content (AvgIpc) is 2.56. The number of sulfonamides is 1. The van der Waals surface area contributed by atoms with E-state index in [9.17, 15) is 8.42 Å². The molecule has 0 spiro atoms. The Morgan fingerprint density at radius 3 is 2.39 bits per heavy atom. The Balaban J connectivity index is 3.03. The predicted molar refractivity (Wildman–Crippen MR) is 71.5 cm³/mol. The summed E-state index contributed by atoms with van der Waals surface area (Å²) >= 11 is 0. The quantitative estimate of drug-likeness (QED) is 0.870. The highest BCUT2D eigenvalue weighted by molar-refractivity contribution is 7.89. The van der Waals surface area contributed by atoms with Crippen LogP contribution in [0.15, 0.2) is 11.1 Å². The van der Waals surface area contributed by atoms with Crippen molar-refractivity contribution in [2.24, 2.45) is 13.0 Å². The van der Waals surface area contributed by atoms with E-state index in [4.69, 9.17) is 5.73 Å². The summed E-state index contributed by atoms with van der Waals surface area (Å²) in [6, 6.07) is -0.0744. The molecule has 2 N–H and O–H groups in total. The monoisotopic (exact) mass is 274 g/mol. The van der Waals surface area contributed by atoms with Gasteiger partial charge in [-0.25, -0.2) is 8.42 Å². The van der Waals surface area contributed by atoms with Gasteiger partial charge in [0.1, 0.15) is 4.90 Å². The molecular weight excluding hydrogens is 252 g/mol. The van der Waals surface area contributed by atoms with Gasteiger partial charge in [-0.1, -0.05) is 13.8 Å². The number of aryl methyl sites for hydroxylation is 1. The van der Waals surface area contributed by atoms with Crippen LogP contribution in [0.2, 0.25) is 0 Å². The van der Waals surface area contributed by atoms with Gasteiger partial charge < -0.3 is 5.73 Å². The van der Waals surface area contributed by atoms with Gasteiger partial charge in [0.15, 0.2) is 5.82 Å². The second kappa shape index (κ2) is 5.27.